The van der Waals surface area contributed by atoms with Gasteiger partial charge in [-0.05, 0) is 55.2 Å². The van der Waals surface area contributed by atoms with E-state index in [0.717, 1.165) is 11.1 Å². The van der Waals surface area contributed by atoms with Gasteiger partial charge in [-0.15, -0.1) is 10.2 Å². The van der Waals surface area contributed by atoms with Crippen LogP contribution < -0.4 is 5.32 Å². The van der Waals surface area contributed by atoms with Crippen molar-refractivity contribution in [3.05, 3.63) is 90.8 Å². The summed E-state index contributed by atoms with van der Waals surface area (Å²) in [6, 6.07) is 16.0. The zero-order chi connectivity index (χ0) is 27.1. The van der Waals surface area contributed by atoms with E-state index in [1.165, 1.54) is 4.31 Å². The molecule has 10 nitrogen and oxygen atoms in total. The van der Waals surface area contributed by atoms with Crippen LogP contribution in [0.2, 0.25) is 0 Å². The van der Waals surface area contributed by atoms with Crippen molar-refractivity contribution in [2.75, 3.05) is 13.1 Å². The van der Waals surface area contributed by atoms with Crippen molar-refractivity contribution in [1.29, 1.82) is 0 Å². The quantitative estimate of drug-likeness (QED) is 0.395. The SMILES string of the molecule is O=C(NCc1cccnc1)C1CCCN(S(=O)(=O)c2ccccc2)CCc2nnc(-c3cccnc3)n2CC1. The standard InChI is InChI=1S/C28H31N7O3S/c36-28(31-20-22-7-4-14-29-19-22)23-9-6-16-34(39(37,38)25-10-2-1-3-11-25)17-13-26-32-33-27(35(26)18-12-23)24-8-5-15-30-21-24/h1-5,7-8,10-11,14-15,19,21,23H,6,9,12-13,16-18,20H2,(H,31,36). The topological polar surface area (TPSA) is 123 Å². The summed E-state index contributed by atoms with van der Waals surface area (Å²) < 4.78 is 30.6. The van der Waals surface area contributed by atoms with Crippen molar-refractivity contribution in [2.24, 2.45) is 5.92 Å². The fourth-order valence-corrected chi connectivity index (χ4v) is 6.32. The van der Waals surface area contributed by atoms with Gasteiger partial charge in [0.1, 0.15) is 5.82 Å². The van der Waals surface area contributed by atoms with Gasteiger partial charge in [-0.25, -0.2) is 8.42 Å². The number of carbonyl (C=O) groups is 1. The van der Waals surface area contributed by atoms with E-state index >= 15 is 0 Å². The Bertz CT molecular complexity index is 1480. The van der Waals surface area contributed by atoms with Crippen LogP contribution in [-0.2, 0) is 34.3 Å². The highest BCUT2D eigenvalue weighted by molar-refractivity contribution is 7.89. The van der Waals surface area contributed by atoms with Crippen LogP contribution in [-0.4, -0.2) is 56.5 Å². The number of sulfonamides is 1. The number of rotatable bonds is 6. The first-order valence-electron chi connectivity index (χ1n) is 13.1. The molecule has 3 aromatic heterocycles. The molecule has 39 heavy (non-hydrogen) atoms. The molecular weight excluding hydrogens is 514 g/mol. The highest BCUT2D eigenvalue weighted by Gasteiger charge is 2.28. The Hall–Kier alpha value is -3.96. The molecule has 1 aliphatic rings. The summed E-state index contributed by atoms with van der Waals surface area (Å²) in [5.41, 5.74) is 1.74. The van der Waals surface area contributed by atoms with Gasteiger partial charge in [0.25, 0.3) is 0 Å². The molecule has 11 heteroatoms. The number of amides is 1. The number of hydrogen-bond donors (Lipinski definition) is 1. The van der Waals surface area contributed by atoms with Gasteiger partial charge in [-0.3, -0.25) is 14.8 Å². The molecule has 4 heterocycles. The fraction of sp³-hybridized carbons (Fsp3) is 0.321. The van der Waals surface area contributed by atoms with Crippen LogP contribution in [0.3, 0.4) is 0 Å². The Kier molecular flexibility index (Phi) is 8.38. The summed E-state index contributed by atoms with van der Waals surface area (Å²) in [5.74, 6) is 0.967. The molecule has 0 saturated heterocycles. The van der Waals surface area contributed by atoms with Gasteiger partial charge in [0.2, 0.25) is 15.9 Å². The predicted molar refractivity (Wildman–Crippen MR) is 146 cm³/mol. The maximum absolute atomic E-state index is 13.5. The minimum Gasteiger partial charge on any atom is -0.352 e. The van der Waals surface area contributed by atoms with Gasteiger partial charge in [0.05, 0.1) is 4.90 Å². The Morgan fingerprint density at radius 2 is 1.69 bits per heavy atom. The van der Waals surface area contributed by atoms with Gasteiger partial charge < -0.3 is 9.88 Å². The number of nitrogens with one attached hydrogen (secondary N) is 1. The molecule has 1 N–H and O–H groups in total. The van der Waals surface area contributed by atoms with Gasteiger partial charge in [-0.2, -0.15) is 4.31 Å². The van der Waals surface area contributed by atoms with Crippen molar-refractivity contribution >= 4 is 15.9 Å². The van der Waals surface area contributed by atoms with Crippen LogP contribution in [0.25, 0.3) is 11.4 Å². The smallest absolute Gasteiger partial charge is 0.243 e. The van der Waals surface area contributed by atoms with E-state index in [2.05, 4.69) is 25.5 Å². The molecule has 1 amide bonds. The molecule has 0 bridgehead atoms. The second-order valence-corrected chi connectivity index (χ2v) is 11.4. The summed E-state index contributed by atoms with van der Waals surface area (Å²) in [6.45, 7) is 1.49. The van der Waals surface area contributed by atoms with E-state index in [1.54, 1.807) is 55.1 Å². The largest absolute Gasteiger partial charge is 0.352 e. The lowest BCUT2D eigenvalue weighted by atomic mass is 9.98. The first kappa shape index (κ1) is 26.6. The van der Waals surface area contributed by atoms with Crippen molar-refractivity contribution in [3.63, 3.8) is 0 Å². The predicted octanol–water partition coefficient (Wildman–Crippen LogP) is 3.09. The van der Waals surface area contributed by atoms with E-state index in [9.17, 15) is 13.2 Å². The number of nitrogens with zero attached hydrogens (tertiary/aromatic N) is 6. The van der Waals surface area contributed by atoms with E-state index in [1.807, 2.05) is 28.8 Å². The second kappa shape index (κ2) is 12.3. The molecule has 1 atom stereocenters. The normalized spacial score (nSPS) is 17.1. The van der Waals surface area contributed by atoms with Crippen LogP contribution in [0.1, 0.15) is 30.7 Å². The number of fused-ring (bicyclic) bond motifs is 1. The second-order valence-electron chi connectivity index (χ2n) is 9.51. The third-order valence-electron chi connectivity index (χ3n) is 6.93. The third-order valence-corrected chi connectivity index (χ3v) is 8.85. The molecule has 4 aromatic rings. The zero-order valence-electron chi connectivity index (χ0n) is 21.6. The van der Waals surface area contributed by atoms with Gasteiger partial charge in [0, 0.05) is 68.9 Å². The maximum atomic E-state index is 13.5. The molecule has 0 spiro atoms. The first-order valence-corrected chi connectivity index (χ1v) is 14.5. The number of pyridine rings is 2. The lowest BCUT2D eigenvalue weighted by molar-refractivity contribution is -0.125. The molecule has 0 fully saturated rings. The lowest BCUT2D eigenvalue weighted by Crippen LogP contribution is -2.35. The molecule has 0 radical (unpaired) electrons. The highest BCUT2D eigenvalue weighted by atomic mass is 32.2. The Morgan fingerprint density at radius 1 is 0.897 bits per heavy atom. The Morgan fingerprint density at radius 3 is 2.44 bits per heavy atom. The van der Waals surface area contributed by atoms with Crippen molar-refractivity contribution in [1.82, 2.24) is 34.4 Å². The Labute approximate surface area is 228 Å². The summed E-state index contributed by atoms with van der Waals surface area (Å²) in [5, 5.41) is 11.9. The lowest BCUT2D eigenvalue weighted by Gasteiger charge is -2.22. The molecule has 1 aromatic carbocycles. The van der Waals surface area contributed by atoms with Gasteiger partial charge >= 0.3 is 0 Å². The summed E-state index contributed by atoms with van der Waals surface area (Å²) >= 11 is 0. The molecule has 1 aliphatic heterocycles. The van der Waals surface area contributed by atoms with Crippen molar-refractivity contribution in [3.8, 4) is 11.4 Å². The molecule has 1 unspecified atom stereocenters. The highest BCUT2D eigenvalue weighted by Crippen LogP contribution is 2.24. The first-order chi connectivity index (χ1) is 19.0. The molecule has 0 aliphatic carbocycles. The fourth-order valence-electron chi connectivity index (χ4n) is 4.82. The number of carbonyl (C=O) groups excluding carboxylic acids is 1. The number of hydrogen-bond acceptors (Lipinski definition) is 7. The van der Waals surface area contributed by atoms with Crippen LogP contribution in [0.4, 0.5) is 0 Å². The minimum atomic E-state index is -3.72. The molecular formula is C28H31N7O3S. The minimum absolute atomic E-state index is 0.0619. The van der Waals surface area contributed by atoms with E-state index in [-0.39, 0.29) is 23.3 Å². The monoisotopic (exact) mass is 545 g/mol. The summed E-state index contributed by atoms with van der Waals surface area (Å²) in [4.78, 5) is 21.9. The molecule has 5 rings (SSSR count). The number of aromatic nitrogens is 5. The maximum Gasteiger partial charge on any atom is 0.243 e. The molecule has 0 saturated carbocycles. The average molecular weight is 546 g/mol. The van der Waals surface area contributed by atoms with Crippen LogP contribution in [0, 0.1) is 5.92 Å². The third kappa shape index (κ3) is 6.37. The van der Waals surface area contributed by atoms with E-state index in [0.29, 0.717) is 57.0 Å². The van der Waals surface area contributed by atoms with Crippen LogP contribution in [0.5, 0.6) is 0 Å². The number of benzene rings is 1. The van der Waals surface area contributed by atoms with Gasteiger partial charge in [-0.1, -0.05) is 24.3 Å². The van der Waals surface area contributed by atoms with Crippen molar-refractivity contribution < 1.29 is 13.2 Å². The Balaban J connectivity index is 1.43. The zero-order valence-corrected chi connectivity index (χ0v) is 22.4. The molecule has 202 valence electrons. The van der Waals surface area contributed by atoms with Crippen LogP contribution >= 0.6 is 0 Å². The van der Waals surface area contributed by atoms with Gasteiger partial charge in [0.15, 0.2) is 5.82 Å². The van der Waals surface area contributed by atoms with E-state index < -0.39 is 10.0 Å². The summed E-state index contributed by atoms with van der Waals surface area (Å²) in [7, 11) is -3.72. The summed E-state index contributed by atoms with van der Waals surface area (Å²) in [6.07, 6.45) is 8.94. The van der Waals surface area contributed by atoms with E-state index in [4.69, 9.17) is 0 Å². The average Bonchev–Trinajstić information content (AvgIpc) is 3.37. The van der Waals surface area contributed by atoms with Crippen LogP contribution in [0.15, 0.2) is 84.3 Å². The van der Waals surface area contributed by atoms with Crippen molar-refractivity contribution in [2.45, 2.75) is 43.7 Å².